The first kappa shape index (κ1) is 23.9. The summed E-state index contributed by atoms with van der Waals surface area (Å²) in [5.41, 5.74) is -0.560. The van der Waals surface area contributed by atoms with Crippen LogP contribution in [0.3, 0.4) is 0 Å². The molecule has 1 saturated heterocycles. The molecule has 6 fully saturated rings. The molecule has 5 unspecified atom stereocenters. The van der Waals surface area contributed by atoms with E-state index in [1.54, 1.807) is 0 Å². The molecule has 0 bridgehead atoms. The Labute approximate surface area is 206 Å². The van der Waals surface area contributed by atoms with Gasteiger partial charge in [-0.1, -0.05) is 27.7 Å². The fourth-order valence-electron chi connectivity index (χ4n) is 11.9. The number of aliphatic hydroxyl groups is 2. The predicted molar refractivity (Wildman–Crippen MR) is 132 cm³/mol. The van der Waals surface area contributed by atoms with Crippen molar-refractivity contribution in [2.45, 2.75) is 136 Å². The van der Waals surface area contributed by atoms with Crippen LogP contribution in [0.4, 0.5) is 0 Å². The number of ether oxygens (including phenoxy) is 1. The van der Waals surface area contributed by atoms with Crippen molar-refractivity contribution >= 4 is 5.78 Å². The van der Waals surface area contributed by atoms with Crippen LogP contribution in [0.25, 0.3) is 0 Å². The van der Waals surface area contributed by atoms with Gasteiger partial charge in [-0.3, -0.25) is 4.79 Å². The van der Waals surface area contributed by atoms with Gasteiger partial charge in [0.15, 0.2) is 0 Å². The van der Waals surface area contributed by atoms with Crippen molar-refractivity contribution in [1.82, 2.24) is 0 Å². The molecule has 0 aromatic heterocycles. The Kier molecular flexibility index (Phi) is 4.58. The van der Waals surface area contributed by atoms with Crippen molar-refractivity contribution in [3.63, 3.8) is 0 Å². The number of ketones is 1. The third-order valence-corrected chi connectivity index (χ3v) is 13.6. The molecular weight excluding hydrogens is 424 g/mol. The summed E-state index contributed by atoms with van der Waals surface area (Å²) in [6.45, 7) is 15.4. The number of aliphatic hydroxyl groups excluding tert-OH is 1. The minimum absolute atomic E-state index is 0.0300. The molecule has 5 aliphatic carbocycles. The highest BCUT2D eigenvalue weighted by atomic mass is 16.5. The summed E-state index contributed by atoms with van der Waals surface area (Å²) in [7, 11) is 0. The number of carbonyl (C=O) groups is 1. The number of rotatable bonds is 2. The average molecular weight is 473 g/mol. The van der Waals surface area contributed by atoms with E-state index in [9.17, 15) is 15.0 Å². The van der Waals surface area contributed by atoms with Crippen LogP contribution >= 0.6 is 0 Å². The van der Waals surface area contributed by atoms with Gasteiger partial charge in [0.1, 0.15) is 5.78 Å². The molecule has 10 atom stereocenters. The normalized spacial score (nSPS) is 58.0. The number of fused-ring (bicyclic) bond motifs is 2. The minimum atomic E-state index is -0.855. The Hall–Kier alpha value is -0.450. The molecule has 2 spiro atoms. The Morgan fingerprint density at radius 2 is 1.53 bits per heavy atom. The van der Waals surface area contributed by atoms with Gasteiger partial charge in [-0.2, -0.15) is 0 Å². The SMILES string of the molecule is CC1(C)C(=O)CC[C@]23CC24CCC2(C)C([C@@]5(C)CC[C@@H](C(C)(C)O)O5)[C@@H](O)C[C@@]2(C)C4CCC13. The van der Waals surface area contributed by atoms with Crippen LogP contribution in [0.1, 0.15) is 113 Å². The molecule has 4 heteroatoms. The molecule has 2 N–H and O–H groups in total. The van der Waals surface area contributed by atoms with Crippen LogP contribution in [0.5, 0.6) is 0 Å². The molecule has 0 aromatic rings. The Balaban J connectivity index is 1.35. The summed E-state index contributed by atoms with van der Waals surface area (Å²) in [4.78, 5) is 12.9. The van der Waals surface area contributed by atoms with Crippen LogP contribution in [-0.2, 0) is 9.53 Å². The average Bonchev–Trinajstić information content (AvgIpc) is 3.11. The summed E-state index contributed by atoms with van der Waals surface area (Å²) >= 11 is 0. The maximum atomic E-state index is 12.9. The molecule has 6 rings (SSSR count). The number of hydrogen-bond donors (Lipinski definition) is 2. The first-order valence-electron chi connectivity index (χ1n) is 14.2. The topological polar surface area (TPSA) is 66.8 Å². The fraction of sp³-hybridized carbons (Fsp3) is 0.967. The van der Waals surface area contributed by atoms with Crippen LogP contribution in [0.2, 0.25) is 0 Å². The van der Waals surface area contributed by atoms with E-state index in [0.717, 1.165) is 38.5 Å². The zero-order chi connectivity index (χ0) is 24.7. The third-order valence-electron chi connectivity index (χ3n) is 13.6. The molecule has 1 aliphatic heterocycles. The molecule has 4 nitrogen and oxygen atoms in total. The lowest BCUT2D eigenvalue weighted by atomic mass is 9.41. The zero-order valence-corrected chi connectivity index (χ0v) is 22.7. The molecule has 0 amide bonds. The van der Waals surface area contributed by atoms with Gasteiger partial charge in [0.2, 0.25) is 0 Å². The summed E-state index contributed by atoms with van der Waals surface area (Å²) in [5.74, 6) is 1.76. The maximum absolute atomic E-state index is 12.9. The van der Waals surface area contributed by atoms with Crippen LogP contribution in [0.15, 0.2) is 0 Å². The van der Waals surface area contributed by atoms with Gasteiger partial charge >= 0.3 is 0 Å². The largest absolute Gasteiger partial charge is 0.393 e. The lowest BCUT2D eigenvalue weighted by Crippen LogP contribution is -2.59. The molecule has 5 saturated carbocycles. The lowest BCUT2D eigenvalue weighted by molar-refractivity contribution is -0.192. The second-order valence-corrected chi connectivity index (χ2v) is 15.5. The highest BCUT2D eigenvalue weighted by molar-refractivity contribution is 5.86. The molecule has 0 radical (unpaired) electrons. The fourth-order valence-corrected chi connectivity index (χ4v) is 11.9. The minimum Gasteiger partial charge on any atom is -0.393 e. The number of Topliss-reactive ketones (excluding diaryl/α,β-unsaturated/α-hetero) is 1. The van der Waals surface area contributed by atoms with E-state index in [-0.39, 0.29) is 34.4 Å². The number of carbonyl (C=O) groups excluding carboxylic acids is 1. The van der Waals surface area contributed by atoms with Gasteiger partial charge in [0.25, 0.3) is 0 Å². The first-order valence-corrected chi connectivity index (χ1v) is 14.2. The van der Waals surface area contributed by atoms with Crippen molar-refractivity contribution in [2.75, 3.05) is 0 Å². The van der Waals surface area contributed by atoms with Gasteiger partial charge < -0.3 is 14.9 Å². The summed E-state index contributed by atoms with van der Waals surface area (Å²) in [5, 5.41) is 22.4. The van der Waals surface area contributed by atoms with Gasteiger partial charge in [-0.05, 0) is 112 Å². The molecular formula is C30H48O4. The highest BCUT2D eigenvalue weighted by Gasteiger charge is 2.83. The molecule has 192 valence electrons. The summed E-state index contributed by atoms with van der Waals surface area (Å²) < 4.78 is 6.67. The van der Waals surface area contributed by atoms with Gasteiger partial charge in [-0.25, -0.2) is 0 Å². The van der Waals surface area contributed by atoms with Crippen molar-refractivity contribution < 1.29 is 19.7 Å². The van der Waals surface area contributed by atoms with E-state index in [1.807, 2.05) is 13.8 Å². The molecule has 34 heavy (non-hydrogen) atoms. The van der Waals surface area contributed by atoms with E-state index < -0.39 is 11.2 Å². The quantitative estimate of drug-likeness (QED) is 0.543. The second kappa shape index (κ2) is 6.51. The van der Waals surface area contributed by atoms with E-state index in [4.69, 9.17) is 4.74 Å². The lowest BCUT2D eigenvalue weighted by Gasteiger charge is -2.63. The third kappa shape index (κ3) is 2.55. The Morgan fingerprint density at radius 3 is 2.18 bits per heavy atom. The highest BCUT2D eigenvalue weighted by Crippen LogP contribution is 2.89. The molecule has 6 aliphatic rings. The predicted octanol–water partition coefficient (Wildman–Crippen LogP) is 5.67. The first-order chi connectivity index (χ1) is 15.6. The Bertz CT molecular complexity index is 919. The van der Waals surface area contributed by atoms with Crippen LogP contribution in [0, 0.1) is 44.8 Å². The summed E-state index contributed by atoms with van der Waals surface area (Å²) in [6, 6.07) is 0. The van der Waals surface area contributed by atoms with E-state index in [1.165, 1.54) is 25.7 Å². The van der Waals surface area contributed by atoms with Crippen LogP contribution in [-0.4, -0.2) is 39.4 Å². The summed E-state index contributed by atoms with van der Waals surface area (Å²) in [6.07, 6.45) is 10.1. The zero-order valence-electron chi connectivity index (χ0n) is 22.7. The van der Waals surface area contributed by atoms with Gasteiger partial charge in [0.05, 0.1) is 23.4 Å². The molecule has 1 heterocycles. The van der Waals surface area contributed by atoms with Crippen LogP contribution < -0.4 is 0 Å². The van der Waals surface area contributed by atoms with E-state index in [0.29, 0.717) is 28.4 Å². The van der Waals surface area contributed by atoms with Crippen molar-refractivity contribution in [1.29, 1.82) is 0 Å². The number of hydrogen-bond acceptors (Lipinski definition) is 4. The Morgan fingerprint density at radius 1 is 0.882 bits per heavy atom. The van der Waals surface area contributed by atoms with Crippen molar-refractivity contribution in [3.8, 4) is 0 Å². The van der Waals surface area contributed by atoms with Crippen molar-refractivity contribution in [2.24, 2.45) is 44.8 Å². The van der Waals surface area contributed by atoms with Gasteiger partial charge in [-0.15, -0.1) is 0 Å². The molecule has 0 aromatic carbocycles. The van der Waals surface area contributed by atoms with Crippen molar-refractivity contribution in [3.05, 3.63) is 0 Å². The standard InChI is InChI=1S/C30H48O4/c1-24(2)19-8-9-20-27(6)16-18(31)23(28(7)12-11-22(34-28)25(3,4)33)26(27,5)14-15-30(20)17-29(19,30)13-10-21(24)32/h18-20,22-23,31,33H,8-17H2,1-7H3/t18-,19?,20?,22-,23?,26?,27-,28+,29+,30?/m0/s1. The second-order valence-electron chi connectivity index (χ2n) is 15.5. The smallest absolute Gasteiger partial charge is 0.138 e. The monoisotopic (exact) mass is 472 g/mol. The van der Waals surface area contributed by atoms with E-state index in [2.05, 4.69) is 34.6 Å². The maximum Gasteiger partial charge on any atom is 0.138 e. The van der Waals surface area contributed by atoms with Gasteiger partial charge in [0, 0.05) is 17.8 Å². The van der Waals surface area contributed by atoms with E-state index >= 15 is 0 Å².